The van der Waals surface area contributed by atoms with Crippen LogP contribution in [0.4, 0.5) is 11.5 Å². The van der Waals surface area contributed by atoms with Crippen molar-refractivity contribution in [1.29, 1.82) is 5.41 Å². The average molecular weight is 464 g/mol. The van der Waals surface area contributed by atoms with Gasteiger partial charge in [0.05, 0.1) is 11.9 Å². The number of nitrogens with zero attached hydrogens (tertiary/aromatic N) is 3. The van der Waals surface area contributed by atoms with Gasteiger partial charge >= 0.3 is 0 Å². The Balaban J connectivity index is 1.35. The predicted molar refractivity (Wildman–Crippen MR) is 134 cm³/mol. The maximum absolute atomic E-state index is 12.4. The van der Waals surface area contributed by atoms with Crippen LogP contribution in [0.25, 0.3) is 33.4 Å². The maximum atomic E-state index is 12.4. The van der Waals surface area contributed by atoms with Gasteiger partial charge in [0.1, 0.15) is 17.8 Å². The Morgan fingerprint density at radius 1 is 1.03 bits per heavy atom. The molecule has 0 aliphatic carbocycles. The molecular weight excluding hydrogens is 444 g/mol. The molecule has 1 amide bonds. The molecule has 0 radical (unpaired) electrons. The highest BCUT2D eigenvalue weighted by Gasteiger charge is 2.12. The molecule has 35 heavy (non-hydrogen) atoms. The van der Waals surface area contributed by atoms with Gasteiger partial charge in [-0.1, -0.05) is 24.3 Å². The zero-order chi connectivity index (χ0) is 24.2. The number of carbonyl (C=O) groups excluding carboxylic acids is 1. The highest BCUT2D eigenvalue weighted by Crippen LogP contribution is 2.25. The molecule has 3 aromatic heterocycles. The molecule has 5 aromatic rings. The van der Waals surface area contributed by atoms with Crippen molar-refractivity contribution in [2.45, 2.75) is 0 Å². The summed E-state index contributed by atoms with van der Waals surface area (Å²) in [5.41, 5.74) is 4.76. The summed E-state index contributed by atoms with van der Waals surface area (Å²) in [6, 6.07) is 17.0. The summed E-state index contributed by atoms with van der Waals surface area (Å²) < 4.78 is 0. The standard InChI is InChI=1S/C25H20N8O2/c26-11-20(14-34)31-25(35)22-9-16-1-2-17(10-21(16)32-22)24-27-8-7-23(33-24)30-19-5-3-15(4-6-19)18-12-28-29-13-18/h1-14,26,32,34H,(H,28,29)(H,31,35)(H,27,30,33)/b20-14+,26-11?. The van der Waals surface area contributed by atoms with Gasteiger partial charge in [0, 0.05) is 46.3 Å². The Kier molecular flexibility index (Phi) is 5.75. The van der Waals surface area contributed by atoms with Crippen LogP contribution in [0.2, 0.25) is 0 Å². The third-order valence-corrected chi connectivity index (χ3v) is 5.32. The van der Waals surface area contributed by atoms with Crippen molar-refractivity contribution in [1.82, 2.24) is 30.5 Å². The summed E-state index contributed by atoms with van der Waals surface area (Å²) in [5, 5.41) is 29.6. The number of aromatic nitrogens is 5. The largest absolute Gasteiger partial charge is 0.513 e. The second kappa shape index (κ2) is 9.32. The van der Waals surface area contributed by atoms with Crippen molar-refractivity contribution >= 4 is 34.5 Å². The van der Waals surface area contributed by atoms with Gasteiger partial charge in [0.2, 0.25) is 0 Å². The van der Waals surface area contributed by atoms with Crippen molar-refractivity contribution < 1.29 is 9.90 Å². The minimum atomic E-state index is -0.465. The Labute approximate surface area is 199 Å². The maximum Gasteiger partial charge on any atom is 0.272 e. The van der Waals surface area contributed by atoms with Crippen molar-refractivity contribution in [3.63, 3.8) is 0 Å². The first-order chi connectivity index (χ1) is 17.1. The van der Waals surface area contributed by atoms with E-state index in [1.54, 1.807) is 24.5 Å². The van der Waals surface area contributed by atoms with Gasteiger partial charge in [-0.2, -0.15) is 5.10 Å². The van der Waals surface area contributed by atoms with Crippen LogP contribution in [0, 0.1) is 5.41 Å². The van der Waals surface area contributed by atoms with E-state index in [9.17, 15) is 4.79 Å². The number of aliphatic hydroxyl groups excluding tert-OH is 1. The first-order valence-electron chi connectivity index (χ1n) is 10.6. The van der Waals surface area contributed by atoms with Gasteiger partial charge in [-0.15, -0.1) is 0 Å². The first-order valence-corrected chi connectivity index (χ1v) is 10.6. The number of rotatable bonds is 7. The van der Waals surface area contributed by atoms with Gasteiger partial charge in [-0.05, 0) is 35.9 Å². The van der Waals surface area contributed by atoms with Gasteiger partial charge < -0.3 is 26.1 Å². The number of aliphatic hydroxyl groups is 1. The second-order valence-corrected chi connectivity index (χ2v) is 7.62. The fourth-order valence-electron chi connectivity index (χ4n) is 3.56. The number of aromatic amines is 2. The van der Waals surface area contributed by atoms with E-state index < -0.39 is 5.91 Å². The number of hydrogen-bond acceptors (Lipinski definition) is 7. The minimum Gasteiger partial charge on any atom is -0.513 e. The Hall–Kier alpha value is -5.25. The van der Waals surface area contributed by atoms with Gasteiger partial charge in [-0.25, -0.2) is 9.97 Å². The summed E-state index contributed by atoms with van der Waals surface area (Å²) in [5.74, 6) is 0.710. The number of anilines is 2. The highest BCUT2D eigenvalue weighted by atomic mass is 16.2. The Bertz CT molecular complexity index is 1540. The van der Waals surface area contributed by atoms with E-state index in [0.29, 0.717) is 23.6 Å². The molecule has 0 saturated carbocycles. The lowest BCUT2D eigenvalue weighted by molar-refractivity contribution is 0.0963. The number of nitrogens with one attached hydrogen (secondary N) is 5. The van der Waals surface area contributed by atoms with Crippen molar-refractivity contribution in [2.75, 3.05) is 5.32 Å². The molecule has 0 aliphatic heterocycles. The normalized spacial score (nSPS) is 11.4. The lowest BCUT2D eigenvalue weighted by Crippen LogP contribution is -2.23. The molecule has 0 saturated heterocycles. The van der Waals surface area contributed by atoms with E-state index in [1.165, 1.54) is 0 Å². The second-order valence-electron chi connectivity index (χ2n) is 7.62. The molecule has 3 heterocycles. The SMILES string of the molecule is N=C/C(=C\O)NC(=O)c1cc2ccc(-c3nccc(Nc4ccc(-c5cn[nH]c5)cc4)n3)cc2[nH]1. The topological polar surface area (TPSA) is 155 Å². The quantitative estimate of drug-likeness (QED) is 0.153. The molecule has 0 atom stereocenters. The molecule has 6 N–H and O–H groups in total. The van der Waals surface area contributed by atoms with Crippen molar-refractivity contribution in [2.24, 2.45) is 0 Å². The van der Waals surface area contributed by atoms with Crippen LogP contribution >= 0.6 is 0 Å². The molecule has 0 aliphatic rings. The van der Waals surface area contributed by atoms with Gasteiger partial charge in [-0.3, -0.25) is 9.89 Å². The van der Waals surface area contributed by atoms with Crippen LogP contribution in [0.1, 0.15) is 10.5 Å². The van der Waals surface area contributed by atoms with E-state index >= 15 is 0 Å². The van der Waals surface area contributed by atoms with E-state index in [4.69, 9.17) is 10.5 Å². The highest BCUT2D eigenvalue weighted by molar-refractivity contribution is 6.01. The molecular formula is C25H20N8O2. The Morgan fingerprint density at radius 3 is 2.60 bits per heavy atom. The van der Waals surface area contributed by atoms with Crippen molar-refractivity contribution in [3.05, 3.63) is 90.8 Å². The summed E-state index contributed by atoms with van der Waals surface area (Å²) in [6.45, 7) is 0. The molecule has 2 aromatic carbocycles. The lowest BCUT2D eigenvalue weighted by Gasteiger charge is -2.08. The van der Waals surface area contributed by atoms with E-state index in [2.05, 4.69) is 35.8 Å². The zero-order valence-corrected chi connectivity index (χ0v) is 18.3. The number of hydrogen-bond donors (Lipinski definition) is 6. The van der Waals surface area contributed by atoms with Crippen molar-refractivity contribution in [3.8, 4) is 22.5 Å². The summed E-state index contributed by atoms with van der Waals surface area (Å²) >= 11 is 0. The molecule has 0 spiro atoms. The molecule has 10 heteroatoms. The number of carbonyl (C=O) groups is 1. The average Bonchev–Trinajstić information content (AvgIpc) is 3.58. The number of H-pyrrole nitrogens is 2. The summed E-state index contributed by atoms with van der Waals surface area (Å²) in [4.78, 5) is 24.4. The summed E-state index contributed by atoms with van der Waals surface area (Å²) in [7, 11) is 0. The van der Waals surface area contributed by atoms with Gasteiger partial charge in [0.25, 0.3) is 5.91 Å². The first kappa shape index (κ1) is 21.6. The molecule has 0 unspecified atom stereocenters. The molecule has 0 bridgehead atoms. The predicted octanol–water partition coefficient (Wildman–Crippen LogP) is 4.54. The van der Waals surface area contributed by atoms with Crippen LogP contribution in [0.5, 0.6) is 0 Å². The number of benzene rings is 2. The molecule has 172 valence electrons. The molecule has 0 fully saturated rings. The van der Waals surface area contributed by atoms with Crippen LogP contribution in [0.15, 0.2) is 85.1 Å². The smallest absolute Gasteiger partial charge is 0.272 e. The molecule has 5 rings (SSSR count). The fourth-order valence-corrected chi connectivity index (χ4v) is 3.56. The zero-order valence-electron chi connectivity index (χ0n) is 18.3. The Morgan fingerprint density at radius 2 is 1.86 bits per heavy atom. The number of amides is 1. The number of allylic oxidation sites excluding steroid dienone is 1. The van der Waals surface area contributed by atoms with E-state index in [1.807, 2.05) is 48.7 Å². The van der Waals surface area contributed by atoms with Crippen LogP contribution in [-0.2, 0) is 0 Å². The number of fused-ring (bicyclic) bond motifs is 1. The van der Waals surface area contributed by atoms with Crippen LogP contribution < -0.4 is 10.6 Å². The summed E-state index contributed by atoms with van der Waals surface area (Å²) in [6.07, 6.45) is 6.81. The van der Waals surface area contributed by atoms with Crippen LogP contribution in [0.3, 0.4) is 0 Å². The lowest BCUT2D eigenvalue weighted by atomic mass is 10.1. The third-order valence-electron chi connectivity index (χ3n) is 5.32. The van der Waals surface area contributed by atoms with E-state index in [0.717, 1.165) is 39.5 Å². The van der Waals surface area contributed by atoms with Crippen LogP contribution in [-0.4, -0.2) is 42.4 Å². The van der Waals surface area contributed by atoms with Gasteiger partial charge in [0.15, 0.2) is 5.82 Å². The molecule has 10 nitrogen and oxygen atoms in total. The van der Waals surface area contributed by atoms with E-state index in [-0.39, 0.29) is 5.70 Å². The minimum absolute atomic E-state index is 0.0109. The third kappa shape index (κ3) is 4.62. The monoisotopic (exact) mass is 464 g/mol. The fraction of sp³-hybridized carbons (Fsp3) is 0.